The molecule has 1 fully saturated rings. The normalized spacial score (nSPS) is 24.2. The molecule has 1 aliphatic rings. The Morgan fingerprint density at radius 2 is 2.19 bits per heavy atom. The van der Waals surface area contributed by atoms with Gasteiger partial charge in [0.25, 0.3) is 0 Å². The van der Waals surface area contributed by atoms with Crippen molar-refractivity contribution in [2.75, 3.05) is 20.6 Å². The molecule has 7 heteroatoms. The number of sulfonamides is 1. The zero-order valence-corrected chi connectivity index (χ0v) is 14.0. The highest BCUT2D eigenvalue weighted by molar-refractivity contribution is 7.89. The summed E-state index contributed by atoms with van der Waals surface area (Å²) in [7, 11) is 0.520. The van der Waals surface area contributed by atoms with E-state index >= 15 is 0 Å². The van der Waals surface area contributed by atoms with Gasteiger partial charge in [0.15, 0.2) is 0 Å². The lowest BCUT2D eigenvalue weighted by Crippen LogP contribution is -2.42. The van der Waals surface area contributed by atoms with Crippen molar-refractivity contribution in [3.8, 4) is 0 Å². The summed E-state index contributed by atoms with van der Waals surface area (Å²) in [6, 6.07) is 3.87. The average molecular weight is 325 g/mol. The van der Waals surface area contributed by atoms with Gasteiger partial charge >= 0.3 is 0 Å². The highest BCUT2D eigenvalue weighted by Crippen LogP contribution is 2.29. The summed E-state index contributed by atoms with van der Waals surface area (Å²) in [5.74, 6) is 0. The van der Waals surface area contributed by atoms with Crippen molar-refractivity contribution in [2.24, 2.45) is 0 Å². The Bertz CT molecular complexity index is 754. The zero-order valence-electron chi connectivity index (χ0n) is 12.4. The standard InChI is InChI=1S/C14H19N3O2S2/c1-10-13(16(2)3)4-6-17(10)21(18,19)11-8-14-12(15-9-11)5-7-20-14/h5,7-10,13H,4,6H2,1-3H3. The molecule has 3 heterocycles. The number of hydrogen-bond acceptors (Lipinski definition) is 5. The first kappa shape index (κ1) is 14.9. The maximum Gasteiger partial charge on any atom is 0.244 e. The van der Waals surface area contributed by atoms with Crippen molar-refractivity contribution in [2.45, 2.75) is 30.3 Å². The van der Waals surface area contributed by atoms with Gasteiger partial charge in [-0.05, 0) is 45.0 Å². The van der Waals surface area contributed by atoms with E-state index < -0.39 is 10.0 Å². The van der Waals surface area contributed by atoms with Crippen LogP contribution in [0.3, 0.4) is 0 Å². The number of aromatic nitrogens is 1. The summed E-state index contributed by atoms with van der Waals surface area (Å²) in [5.41, 5.74) is 0.847. The molecule has 0 spiro atoms. The van der Waals surface area contributed by atoms with Crippen LogP contribution < -0.4 is 0 Å². The van der Waals surface area contributed by atoms with Crippen LogP contribution in [0.25, 0.3) is 10.2 Å². The fourth-order valence-electron chi connectivity index (χ4n) is 3.03. The van der Waals surface area contributed by atoms with E-state index in [1.165, 1.54) is 17.5 Å². The molecule has 1 aliphatic heterocycles. The summed E-state index contributed by atoms with van der Waals surface area (Å²) >= 11 is 1.51. The molecule has 114 valence electrons. The second kappa shape index (κ2) is 5.31. The molecule has 0 aromatic carbocycles. The van der Waals surface area contributed by atoms with Gasteiger partial charge in [0, 0.05) is 24.8 Å². The number of nitrogens with zero attached hydrogens (tertiary/aromatic N) is 3. The van der Waals surface area contributed by atoms with Gasteiger partial charge in [-0.2, -0.15) is 4.31 Å². The molecule has 0 N–H and O–H groups in total. The van der Waals surface area contributed by atoms with Crippen LogP contribution in [0, 0.1) is 0 Å². The molecule has 2 aromatic heterocycles. The lowest BCUT2D eigenvalue weighted by atomic mass is 10.1. The molecule has 0 radical (unpaired) electrons. The molecule has 2 aromatic rings. The minimum atomic E-state index is -3.47. The SMILES string of the molecule is CC1C(N(C)C)CCN1S(=O)(=O)c1cnc2ccsc2c1. The first-order valence-electron chi connectivity index (χ1n) is 6.93. The molecule has 21 heavy (non-hydrogen) atoms. The van der Waals surface area contributed by atoms with Crippen LogP contribution in [-0.2, 0) is 10.0 Å². The van der Waals surface area contributed by atoms with E-state index in [-0.39, 0.29) is 12.1 Å². The van der Waals surface area contributed by atoms with E-state index in [9.17, 15) is 8.42 Å². The van der Waals surface area contributed by atoms with Gasteiger partial charge in [0.2, 0.25) is 10.0 Å². The molecular formula is C14H19N3O2S2. The topological polar surface area (TPSA) is 53.5 Å². The molecule has 1 saturated heterocycles. The van der Waals surface area contributed by atoms with E-state index in [2.05, 4.69) is 9.88 Å². The van der Waals surface area contributed by atoms with Crippen molar-refractivity contribution in [3.05, 3.63) is 23.7 Å². The summed E-state index contributed by atoms with van der Waals surface area (Å²) in [6.07, 6.45) is 2.34. The summed E-state index contributed by atoms with van der Waals surface area (Å²) in [4.78, 5) is 6.65. The number of pyridine rings is 1. The Balaban J connectivity index is 1.96. The maximum absolute atomic E-state index is 12.9. The summed E-state index contributed by atoms with van der Waals surface area (Å²) in [5, 5.41) is 1.93. The third-order valence-corrected chi connectivity index (χ3v) is 7.01. The molecule has 2 atom stereocenters. The van der Waals surface area contributed by atoms with Crippen molar-refractivity contribution < 1.29 is 8.42 Å². The maximum atomic E-state index is 12.9. The van der Waals surface area contributed by atoms with Gasteiger partial charge < -0.3 is 4.90 Å². The van der Waals surface area contributed by atoms with E-state index in [1.54, 1.807) is 10.4 Å². The minimum Gasteiger partial charge on any atom is -0.305 e. The first-order valence-corrected chi connectivity index (χ1v) is 9.25. The number of rotatable bonds is 3. The Morgan fingerprint density at radius 1 is 1.43 bits per heavy atom. The van der Waals surface area contributed by atoms with Gasteiger partial charge in [-0.25, -0.2) is 8.42 Å². The second-order valence-corrected chi connectivity index (χ2v) is 8.49. The van der Waals surface area contributed by atoms with Gasteiger partial charge in [-0.3, -0.25) is 4.98 Å². The molecule has 5 nitrogen and oxygen atoms in total. The third kappa shape index (κ3) is 2.48. The lowest BCUT2D eigenvalue weighted by molar-refractivity contribution is 0.250. The van der Waals surface area contributed by atoms with Gasteiger partial charge in [0.1, 0.15) is 4.90 Å². The molecule has 0 saturated carbocycles. The first-order chi connectivity index (χ1) is 9.91. The zero-order chi connectivity index (χ0) is 15.2. The van der Waals surface area contributed by atoms with Crippen LogP contribution in [0.2, 0.25) is 0 Å². The van der Waals surface area contributed by atoms with Crippen LogP contribution in [0.1, 0.15) is 13.3 Å². The van der Waals surface area contributed by atoms with Crippen molar-refractivity contribution >= 4 is 31.6 Å². The van der Waals surface area contributed by atoms with Crippen LogP contribution in [-0.4, -0.2) is 55.3 Å². The summed E-state index contributed by atoms with van der Waals surface area (Å²) < 4.78 is 28.2. The van der Waals surface area contributed by atoms with E-state index in [1.807, 2.05) is 32.5 Å². The molecule has 0 bridgehead atoms. The van der Waals surface area contributed by atoms with Crippen molar-refractivity contribution in [1.29, 1.82) is 0 Å². The van der Waals surface area contributed by atoms with E-state index in [0.29, 0.717) is 11.4 Å². The molecule has 0 amide bonds. The molecular weight excluding hydrogens is 306 g/mol. The van der Waals surface area contributed by atoms with E-state index in [4.69, 9.17) is 0 Å². The number of fused-ring (bicyclic) bond motifs is 1. The Hall–Kier alpha value is -1.02. The van der Waals surface area contributed by atoms with E-state index in [0.717, 1.165) is 16.6 Å². The molecule has 2 unspecified atom stereocenters. The number of thiophene rings is 1. The quantitative estimate of drug-likeness (QED) is 0.866. The predicted octanol–water partition coefficient (Wildman–Crippen LogP) is 2.01. The average Bonchev–Trinajstić information content (AvgIpc) is 3.03. The Labute approximate surface area is 129 Å². The molecule has 0 aliphatic carbocycles. The van der Waals surface area contributed by atoms with Crippen molar-refractivity contribution in [1.82, 2.24) is 14.2 Å². The highest BCUT2D eigenvalue weighted by Gasteiger charge is 2.39. The predicted molar refractivity (Wildman–Crippen MR) is 85.1 cm³/mol. The van der Waals surface area contributed by atoms with Crippen LogP contribution in [0.5, 0.6) is 0 Å². The molecule has 3 rings (SSSR count). The number of likely N-dealkylation sites (N-methyl/N-ethyl adjacent to an activating group) is 1. The minimum absolute atomic E-state index is 0.0240. The monoisotopic (exact) mass is 325 g/mol. The van der Waals surface area contributed by atoms with Crippen LogP contribution >= 0.6 is 11.3 Å². The van der Waals surface area contributed by atoms with Crippen LogP contribution in [0.15, 0.2) is 28.6 Å². The fraction of sp³-hybridized carbons (Fsp3) is 0.500. The van der Waals surface area contributed by atoms with Gasteiger partial charge in [-0.15, -0.1) is 11.3 Å². The van der Waals surface area contributed by atoms with Gasteiger partial charge in [0.05, 0.1) is 10.2 Å². The highest BCUT2D eigenvalue weighted by atomic mass is 32.2. The Kier molecular flexibility index (Phi) is 3.77. The van der Waals surface area contributed by atoms with Crippen molar-refractivity contribution in [3.63, 3.8) is 0 Å². The fourth-order valence-corrected chi connectivity index (χ4v) is 5.53. The summed E-state index contributed by atoms with van der Waals surface area (Å²) in [6.45, 7) is 2.54. The van der Waals surface area contributed by atoms with Crippen LogP contribution in [0.4, 0.5) is 0 Å². The number of hydrogen-bond donors (Lipinski definition) is 0. The largest absolute Gasteiger partial charge is 0.305 e. The third-order valence-electron chi connectivity index (χ3n) is 4.20. The second-order valence-electron chi connectivity index (χ2n) is 5.65. The smallest absolute Gasteiger partial charge is 0.244 e. The lowest BCUT2D eigenvalue weighted by Gasteiger charge is -2.27. The Morgan fingerprint density at radius 3 is 2.86 bits per heavy atom. The van der Waals surface area contributed by atoms with Gasteiger partial charge in [-0.1, -0.05) is 0 Å².